The van der Waals surface area contributed by atoms with Crippen molar-refractivity contribution in [3.05, 3.63) is 30.3 Å². The van der Waals surface area contributed by atoms with Crippen LogP contribution in [0.1, 0.15) is 27.2 Å². The number of hydrogen-bond acceptors (Lipinski definition) is 3. The average molecular weight is 261 g/mol. The van der Waals surface area contributed by atoms with E-state index < -0.39 is 11.4 Å². The number of para-hydroxylation sites is 1. The summed E-state index contributed by atoms with van der Waals surface area (Å²) in [5, 5.41) is 2.80. The van der Waals surface area contributed by atoms with E-state index in [0.717, 1.165) is 0 Å². The van der Waals surface area contributed by atoms with Crippen LogP contribution in [0.4, 0.5) is 5.69 Å². The van der Waals surface area contributed by atoms with Crippen molar-refractivity contribution in [1.29, 1.82) is 0 Å². The maximum Gasteiger partial charge on any atom is 0.322 e. The highest BCUT2D eigenvalue weighted by molar-refractivity contribution is 6.12. The lowest BCUT2D eigenvalue weighted by Crippen LogP contribution is -2.36. The second-order valence-corrected chi connectivity index (χ2v) is 5.51. The average Bonchev–Trinajstić information content (AvgIpc) is 2.96. The van der Waals surface area contributed by atoms with E-state index in [9.17, 15) is 9.59 Å². The maximum absolute atomic E-state index is 12.4. The van der Waals surface area contributed by atoms with Gasteiger partial charge < -0.3 is 10.1 Å². The summed E-state index contributed by atoms with van der Waals surface area (Å²) in [5.41, 5.74) is -0.698. The lowest BCUT2D eigenvalue weighted by Gasteiger charge is -2.18. The van der Waals surface area contributed by atoms with Gasteiger partial charge in [-0.2, -0.15) is 0 Å². The van der Waals surface area contributed by atoms with E-state index in [1.807, 2.05) is 32.0 Å². The Bertz CT molecular complexity index is 495. The minimum atomic E-state index is -1.04. The van der Waals surface area contributed by atoms with Gasteiger partial charge >= 0.3 is 5.97 Å². The molecule has 0 heterocycles. The van der Waals surface area contributed by atoms with Gasteiger partial charge in [-0.25, -0.2) is 0 Å². The molecule has 0 aromatic heterocycles. The number of anilines is 1. The van der Waals surface area contributed by atoms with Crippen LogP contribution in [0.5, 0.6) is 0 Å². The smallest absolute Gasteiger partial charge is 0.322 e. The number of nitrogens with one attached hydrogen (secondary N) is 1. The summed E-state index contributed by atoms with van der Waals surface area (Å²) in [6.07, 6.45) is 0.525. The van der Waals surface area contributed by atoms with Crippen molar-refractivity contribution in [3.8, 4) is 0 Å². The molecule has 0 spiro atoms. The summed E-state index contributed by atoms with van der Waals surface area (Å²) in [5.74, 6) is -0.699. The van der Waals surface area contributed by atoms with Crippen LogP contribution in [-0.4, -0.2) is 18.5 Å². The Labute approximate surface area is 113 Å². The Morgan fingerprint density at radius 3 is 2.32 bits per heavy atom. The van der Waals surface area contributed by atoms with Crippen molar-refractivity contribution < 1.29 is 14.3 Å². The van der Waals surface area contributed by atoms with Gasteiger partial charge in [-0.05, 0) is 30.9 Å². The molecule has 0 bridgehead atoms. The van der Waals surface area contributed by atoms with Gasteiger partial charge in [-0.15, -0.1) is 0 Å². The second kappa shape index (κ2) is 4.68. The van der Waals surface area contributed by atoms with Gasteiger partial charge in [0.1, 0.15) is 0 Å². The fourth-order valence-electron chi connectivity index (χ4n) is 2.46. The molecule has 1 amide bonds. The summed E-state index contributed by atoms with van der Waals surface area (Å²) in [4.78, 5) is 24.5. The van der Waals surface area contributed by atoms with Crippen molar-refractivity contribution in [1.82, 2.24) is 0 Å². The SMILES string of the molecule is CCOC(=O)C1(C(=O)Nc2ccccc2)CC1(C)C. The van der Waals surface area contributed by atoms with Gasteiger partial charge in [0, 0.05) is 5.69 Å². The molecule has 1 aromatic carbocycles. The molecule has 4 nitrogen and oxygen atoms in total. The molecule has 4 heteroatoms. The summed E-state index contributed by atoms with van der Waals surface area (Å²) in [6.45, 7) is 5.86. The number of ether oxygens (including phenoxy) is 1. The van der Waals surface area contributed by atoms with Gasteiger partial charge in [0.2, 0.25) is 5.91 Å². The largest absolute Gasteiger partial charge is 0.465 e. The molecule has 102 valence electrons. The zero-order valence-electron chi connectivity index (χ0n) is 11.5. The normalized spacial score (nSPS) is 23.5. The quantitative estimate of drug-likeness (QED) is 0.669. The predicted molar refractivity (Wildman–Crippen MR) is 72.5 cm³/mol. The molecule has 1 N–H and O–H groups in total. The van der Waals surface area contributed by atoms with Gasteiger partial charge in [0.05, 0.1) is 6.61 Å². The third-order valence-electron chi connectivity index (χ3n) is 3.78. The van der Waals surface area contributed by atoms with Crippen molar-refractivity contribution in [2.45, 2.75) is 27.2 Å². The monoisotopic (exact) mass is 261 g/mol. The number of amides is 1. The molecule has 0 aliphatic heterocycles. The molecule has 1 atom stereocenters. The lowest BCUT2D eigenvalue weighted by molar-refractivity contribution is -0.154. The molecule has 2 rings (SSSR count). The fraction of sp³-hybridized carbons (Fsp3) is 0.467. The summed E-state index contributed by atoms with van der Waals surface area (Å²) in [7, 11) is 0. The zero-order chi connectivity index (χ0) is 14.1. The summed E-state index contributed by atoms with van der Waals surface area (Å²) >= 11 is 0. The van der Waals surface area contributed by atoms with Crippen LogP contribution in [0.3, 0.4) is 0 Å². The van der Waals surface area contributed by atoms with E-state index >= 15 is 0 Å². The van der Waals surface area contributed by atoms with E-state index in [1.54, 1.807) is 19.1 Å². The molecule has 1 aliphatic carbocycles. The third-order valence-corrected chi connectivity index (χ3v) is 3.78. The molecular weight excluding hydrogens is 242 g/mol. The van der Waals surface area contributed by atoms with Crippen LogP contribution in [0.2, 0.25) is 0 Å². The van der Waals surface area contributed by atoms with Gasteiger partial charge in [-0.3, -0.25) is 9.59 Å². The first-order valence-electron chi connectivity index (χ1n) is 6.48. The Hall–Kier alpha value is -1.84. The summed E-state index contributed by atoms with van der Waals surface area (Å²) in [6, 6.07) is 9.14. The Balaban J connectivity index is 2.18. The number of carbonyl (C=O) groups is 2. The highest BCUT2D eigenvalue weighted by Crippen LogP contribution is 2.64. The van der Waals surface area contributed by atoms with Gasteiger partial charge in [0.25, 0.3) is 0 Å². The lowest BCUT2D eigenvalue weighted by atomic mass is 9.94. The highest BCUT2D eigenvalue weighted by Gasteiger charge is 2.72. The van der Waals surface area contributed by atoms with Crippen molar-refractivity contribution in [2.24, 2.45) is 10.8 Å². The first-order valence-corrected chi connectivity index (χ1v) is 6.48. The minimum absolute atomic E-state index is 0.276. The fourth-order valence-corrected chi connectivity index (χ4v) is 2.46. The van der Waals surface area contributed by atoms with Crippen molar-refractivity contribution >= 4 is 17.6 Å². The number of esters is 1. The second-order valence-electron chi connectivity index (χ2n) is 5.51. The maximum atomic E-state index is 12.4. The van der Waals surface area contributed by atoms with E-state index in [1.165, 1.54) is 0 Å². The van der Waals surface area contributed by atoms with E-state index in [2.05, 4.69) is 5.32 Å². The van der Waals surface area contributed by atoms with Crippen LogP contribution >= 0.6 is 0 Å². The van der Waals surface area contributed by atoms with Crippen LogP contribution in [-0.2, 0) is 14.3 Å². The van der Waals surface area contributed by atoms with E-state index in [0.29, 0.717) is 12.1 Å². The van der Waals surface area contributed by atoms with Crippen molar-refractivity contribution in [2.75, 3.05) is 11.9 Å². The van der Waals surface area contributed by atoms with Crippen LogP contribution < -0.4 is 5.32 Å². The highest BCUT2D eigenvalue weighted by atomic mass is 16.5. The molecule has 1 fully saturated rings. The Morgan fingerprint density at radius 2 is 1.84 bits per heavy atom. The predicted octanol–water partition coefficient (Wildman–Crippen LogP) is 2.60. The minimum Gasteiger partial charge on any atom is -0.465 e. The zero-order valence-corrected chi connectivity index (χ0v) is 11.5. The van der Waals surface area contributed by atoms with Gasteiger partial charge in [-0.1, -0.05) is 32.0 Å². The molecule has 1 aromatic rings. The number of carbonyl (C=O) groups excluding carboxylic acids is 2. The Kier molecular flexibility index (Phi) is 3.35. The molecule has 1 aliphatic rings. The standard InChI is InChI=1S/C15H19NO3/c1-4-19-13(18)15(10-14(15,2)3)12(17)16-11-8-6-5-7-9-11/h5-9H,4,10H2,1-3H3,(H,16,17). The topological polar surface area (TPSA) is 55.4 Å². The molecule has 19 heavy (non-hydrogen) atoms. The van der Waals surface area contributed by atoms with Crippen molar-refractivity contribution in [3.63, 3.8) is 0 Å². The molecular formula is C15H19NO3. The van der Waals surface area contributed by atoms with Crippen LogP contribution in [0, 0.1) is 10.8 Å². The van der Waals surface area contributed by atoms with E-state index in [4.69, 9.17) is 4.74 Å². The van der Waals surface area contributed by atoms with Gasteiger partial charge in [0.15, 0.2) is 5.41 Å². The Morgan fingerprint density at radius 1 is 1.26 bits per heavy atom. The number of rotatable bonds is 4. The molecule has 1 unspecified atom stereocenters. The third kappa shape index (κ3) is 2.23. The molecule has 0 saturated heterocycles. The first kappa shape index (κ1) is 13.6. The van der Waals surface area contributed by atoms with E-state index in [-0.39, 0.29) is 17.9 Å². The first-order chi connectivity index (χ1) is 8.94. The number of benzene rings is 1. The van der Waals surface area contributed by atoms with Crippen LogP contribution in [0.25, 0.3) is 0 Å². The molecule has 1 saturated carbocycles. The molecule has 0 radical (unpaired) electrons. The summed E-state index contributed by atoms with van der Waals surface area (Å²) < 4.78 is 5.06. The van der Waals surface area contributed by atoms with Crippen LogP contribution in [0.15, 0.2) is 30.3 Å². The number of hydrogen-bond donors (Lipinski definition) is 1.